The fraction of sp³-hybridized carbons (Fsp3) is 0.385. The van der Waals surface area contributed by atoms with Gasteiger partial charge < -0.3 is 10.1 Å². The zero-order chi connectivity index (χ0) is 13.4. The zero-order valence-corrected chi connectivity index (χ0v) is 11.0. The highest BCUT2D eigenvalue weighted by Gasteiger charge is 2.03. The molecule has 1 aromatic rings. The van der Waals surface area contributed by atoms with Crippen LogP contribution in [-0.2, 0) is 11.2 Å². The molecule has 0 saturated heterocycles. The van der Waals surface area contributed by atoms with Crippen molar-refractivity contribution in [1.82, 2.24) is 5.32 Å². The number of carbonyl (C=O) groups excluding carboxylic acids is 1. The molecule has 0 bridgehead atoms. The first kappa shape index (κ1) is 14.3. The fourth-order valence-corrected chi connectivity index (χ4v) is 1.71. The van der Waals surface area contributed by atoms with Crippen molar-refractivity contribution in [3.63, 3.8) is 0 Å². The largest absolute Gasteiger partial charge is 0.492 e. The van der Waals surface area contributed by atoms with Crippen molar-refractivity contribution >= 4 is 17.5 Å². The van der Waals surface area contributed by atoms with Crippen molar-refractivity contribution < 1.29 is 9.53 Å². The normalized spacial score (nSPS) is 9.61. The van der Waals surface area contributed by atoms with E-state index >= 15 is 0 Å². The Balaban J connectivity index is 2.46. The van der Waals surface area contributed by atoms with E-state index in [1.165, 1.54) is 0 Å². The van der Waals surface area contributed by atoms with Crippen LogP contribution < -0.4 is 10.1 Å². The maximum Gasteiger partial charge on any atom is 0.234 e. The lowest BCUT2D eigenvalue weighted by atomic mass is 10.1. The molecule has 0 radical (unpaired) electrons. The topological polar surface area (TPSA) is 62.1 Å². The Morgan fingerprint density at radius 2 is 2.33 bits per heavy atom. The number of amides is 1. The van der Waals surface area contributed by atoms with E-state index in [0.717, 1.165) is 5.56 Å². The van der Waals surface area contributed by atoms with Crippen LogP contribution in [0.25, 0.3) is 0 Å². The molecule has 4 nitrogen and oxygen atoms in total. The average molecular weight is 267 g/mol. The van der Waals surface area contributed by atoms with Gasteiger partial charge in [0.15, 0.2) is 0 Å². The molecule has 1 N–H and O–H groups in total. The Bertz CT molecular complexity index is 455. The van der Waals surface area contributed by atoms with Gasteiger partial charge in [0.25, 0.3) is 0 Å². The summed E-state index contributed by atoms with van der Waals surface area (Å²) in [7, 11) is 0. The summed E-state index contributed by atoms with van der Waals surface area (Å²) in [5, 5.41) is 11.6. The first-order valence-electron chi connectivity index (χ1n) is 5.72. The Labute approximate surface area is 112 Å². The van der Waals surface area contributed by atoms with Crippen LogP contribution in [0, 0.1) is 11.3 Å². The quantitative estimate of drug-likeness (QED) is 0.859. The molecule has 0 heterocycles. The summed E-state index contributed by atoms with van der Waals surface area (Å²) in [4.78, 5) is 11.1. The number of hydrogen-bond acceptors (Lipinski definition) is 3. The number of carbonyl (C=O) groups is 1. The van der Waals surface area contributed by atoms with Gasteiger partial charge in [0.05, 0.1) is 17.7 Å². The maximum absolute atomic E-state index is 11.1. The number of nitrogens with one attached hydrogen (secondary N) is 1. The highest BCUT2D eigenvalue weighted by atomic mass is 35.5. The third-order valence-corrected chi connectivity index (χ3v) is 2.57. The molecule has 0 spiro atoms. The molecular formula is C13H15ClN2O2. The number of rotatable bonds is 6. The van der Waals surface area contributed by atoms with Gasteiger partial charge in [-0.1, -0.05) is 17.7 Å². The van der Waals surface area contributed by atoms with E-state index in [2.05, 4.69) is 5.32 Å². The third kappa shape index (κ3) is 4.64. The van der Waals surface area contributed by atoms with Crippen molar-refractivity contribution in [2.45, 2.75) is 19.8 Å². The van der Waals surface area contributed by atoms with Gasteiger partial charge in [0, 0.05) is 6.54 Å². The summed E-state index contributed by atoms with van der Waals surface area (Å²) in [5.74, 6) is 0.408. The molecule has 1 aromatic carbocycles. The van der Waals surface area contributed by atoms with Gasteiger partial charge in [-0.3, -0.25) is 4.79 Å². The van der Waals surface area contributed by atoms with Crippen LogP contribution >= 0.6 is 11.6 Å². The Kier molecular flexibility index (Phi) is 6.03. The Morgan fingerprint density at radius 1 is 1.56 bits per heavy atom. The fourth-order valence-electron chi connectivity index (χ4n) is 1.45. The first-order chi connectivity index (χ1) is 8.67. The summed E-state index contributed by atoms with van der Waals surface area (Å²) in [6.45, 7) is 2.96. The second kappa shape index (κ2) is 7.57. The molecule has 0 aliphatic rings. The maximum atomic E-state index is 11.1. The lowest BCUT2D eigenvalue weighted by molar-refractivity contribution is -0.120. The van der Waals surface area contributed by atoms with Crippen molar-refractivity contribution in [1.29, 1.82) is 5.26 Å². The van der Waals surface area contributed by atoms with Crippen molar-refractivity contribution in [2.24, 2.45) is 0 Å². The van der Waals surface area contributed by atoms with E-state index in [-0.39, 0.29) is 12.3 Å². The van der Waals surface area contributed by atoms with E-state index in [1.807, 2.05) is 25.1 Å². The smallest absolute Gasteiger partial charge is 0.234 e. The predicted molar refractivity (Wildman–Crippen MR) is 69.6 cm³/mol. The number of hydrogen-bond donors (Lipinski definition) is 1. The van der Waals surface area contributed by atoms with Gasteiger partial charge in [0.1, 0.15) is 12.2 Å². The lowest BCUT2D eigenvalue weighted by Crippen LogP contribution is -2.24. The van der Waals surface area contributed by atoms with Crippen LogP contribution in [0.15, 0.2) is 18.2 Å². The van der Waals surface area contributed by atoms with E-state index < -0.39 is 0 Å². The number of nitrogens with zero attached hydrogens (tertiary/aromatic N) is 1. The van der Waals surface area contributed by atoms with Gasteiger partial charge in [-0.25, -0.2) is 0 Å². The zero-order valence-electron chi connectivity index (χ0n) is 10.2. The molecule has 0 saturated carbocycles. The molecule has 0 aliphatic carbocycles. The van der Waals surface area contributed by atoms with Gasteiger partial charge in [-0.05, 0) is 31.0 Å². The summed E-state index contributed by atoms with van der Waals surface area (Å²) >= 11 is 6.04. The predicted octanol–water partition coefficient (Wildman–Crippen LogP) is 2.31. The number of halogens is 1. The molecule has 0 aromatic heterocycles. The lowest BCUT2D eigenvalue weighted by Gasteiger charge is -2.08. The van der Waals surface area contributed by atoms with Crippen LogP contribution in [0.1, 0.15) is 18.9 Å². The van der Waals surface area contributed by atoms with Gasteiger partial charge in [-0.2, -0.15) is 5.26 Å². The SMILES string of the molecule is CCOc1ccc(CCNC(=O)CC#N)cc1Cl. The van der Waals surface area contributed by atoms with Gasteiger partial charge in [0.2, 0.25) is 5.91 Å². The number of nitriles is 1. The molecule has 0 fully saturated rings. The molecule has 0 atom stereocenters. The Morgan fingerprint density at radius 3 is 2.94 bits per heavy atom. The molecular weight excluding hydrogens is 252 g/mol. The van der Waals surface area contributed by atoms with Gasteiger partial charge >= 0.3 is 0 Å². The summed E-state index contributed by atoms with van der Waals surface area (Å²) in [5.41, 5.74) is 1.01. The van der Waals surface area contributed by atoms with E-state index in [4.69, 9.17) is 21.6 Å². The van der Waals surface area contributed by atoms with E-state index in [0.29, 0.717) is 30.3 Å². The van der Waals surface area contributed by atoms with Crippen LogP contribution in [0.5, 0.6) is 5.75 Å². The molecule has 5 heteroatoms. The minimum absolute atomic E-state index is 0.107. The van der Waals surface area contributed by atoms with Crippen LogP contribution in [0.2, 0.25) is 5.02 Å². The second-order valence-corrected chi connectivity index (χ2v) is 4.04. The van der Waals surface area contributed by atoms with E-state index in [9.17, 15) is 4.79 Å². The van der Waals surface area contributed by atoms with Gasteiger partial charge in [-0.15, -0.1) is 0 Å². The highest BCUT2D eigenvalue weighted by molar-refractivity contribution is 6.32. The standard InChI is InChI=1S/C13H15ClN2O2/c1-2-18-12-4-3-10(9-11(12)14)6-8-16-13(17)5-7-15/h3-4,9H,2,5-6,8H2,1H3,(H,16,17). The van der Waals surface area contributed by atoms with Crippen LogP contribution in [-0.4, -0.2) is 19.1 Å². The molecule has 0 aliphatic heterocycles. The Hall–Kier alpha value is -1.73. The average Bonchev–Trinajstić information content (AvgIpc) is 2.33. The first-order valence-corrected chi connectivity index (χ1v) is 6.10. The minimum Gasteiger partial charge on any atom is -0.492 e. The van der Waals surface area contributed by atoms with Crippen molar-refractivity contribution in [3.8, 4) is 11.8 Å². The van der Waals surface area contributed by atoms with Crippen LogP contribution in [0.4, 0.5) is 0 Å². The number of benzene rings is 1. The molecule has 0 unspecified atom stereocenters. The van der Waals surface area contributed by atoms with Crippen LogP contribution in [0.3, 0.4) is 0 Å². The number of ether oxygens (including phenoxy) is 1. The van der Waals surface area contributed by atoms with E-state index in [1.54, 1.807) is 6.07 Å². The molecule has 96 valence electrons. The van der Waals surface area contributed by atoms with Crippen molar-refractivity contribution in [3.05, 3.63) is 28.8 Å². The molecule has 1 rings (SSSR count). The summed E-state index contributed by atoms with van der Waals surface area (Å²) < 4.78 is 5.33. The third-order valence-electron chi connectivity index (χ3n) is 2.27. The monoisotopic (exact) mass is 266 g/mol. The second-order valence-electron chi connectivity index (χ2n) is 3.63. The minimum atomic E-state index is -0.255. The molecule has 1 amide bonds. The van der Waals surface area contributed by atoms with Crippen molar-refractivity contribution in [2.75, 3.05) is 13.2 Å². The highest BCUT2D eigenvalue weighted by Crippen LogP contribution is 2.25. The summed E-state index contributed by atoms with van der Waals surface area (Å²) in [6.07, 6.45) is 0.563. The molecule has 18 heavy (non-hydrogen) atoms. The summed E-state index contributed by atoms with van der Waals surface area (Å²) in [6, 6.07) is 7.35.